The number of fused-ring (bicyclic) bond motifs is 1. The summed E-state index contributed by atoms with van der Waals surface area (Å²) in [6.07, 6.45) is 2.43. The first kappa shape index (κ1) is 12.2. The summed E-state index contributed by atoms with van der Waals surface area (Å²) in [6.45, 7) is 5.88. The van der Waals surface area contributed by atoms with Crippen LogP contribution in [-0.4, -0.2) is 16.7 Å². The molecule has 1 atom stereocenters. The Labute approximate surface area is 113 Å². The SMILES string of the molecule is Cc1nnc(CN2CCCC(C)c3ccccc32)o1. The third kappa shape index (κ3) is 2.48. The molecule has 0 fully saturated rings. The van der Waals surface area contributed by atoms with Crippen molar-refractivity contribution in [3.8, 4) is 0 Å². The Kier molecular flexibility index (Phi) is 3.23. The molecule has 1 unspecified atom stereocenters. The topological polar surface area (TPSA) is 42.2 Å². The van der Waals surface area contributed by atoms with Gasteiger partial charge in [0, 0.05) is 19.2 Å². The molecule has 0 saturated carbocycles. The zero-order valence-corrected chi connectivity index (χ0v) is 11.5. The van der Waals surface area contributed by atoms with Crippen molar-refractivity contribution in [3.63, 3.8) is 0 Å². The molecule has 0 spiro atoms. The van der Waals surface area contributed by atoms with Gasteiger partial charge in [0.2, 0.25) is 11.8 Å². The second-order valence-electron chi connectivity index (χ2n) is 5.24. The highest BCUT2D eigenvalue weighted by Crippen LogP contribution is 2.34. The van der Waals surface area contributed by atoms with Gasteiger partial charge in [0.05, 0.1) is 6.54 Å². The van der Waals surface area contributed by atoms with E-state index in [0.717, 1.165) is 6.54 Å². The summed E-state index contributed by atoms with van der Waals surface area (Å²) >= 11 is 0. The summed E-state index contributed by atoms with van der Waals surface area (Å²) < 4.78 is 5.51. The van der Waals surface area contributed by atoms with E-state index in [1.165, 1.54) is 24.1 Å². The summed E-state index contributed by atoms with van der Waals surface area (Å²) in [5.41, 5.74) is 2.74. The summed E-state index contributed by atoms with van der Waals surface area (Å²) in [6, 6.07) is 8.65. The zero-order valence-electron chi connectivity index (χ0n) is 11.5. The van der Waals surface area contributed by atoms with Crippen LogP contribution in [0.3, 0.4) is 0 Å². The number of hydrogen-bond donors (Lipinski definition) is 0. The molecule has 1 aromatic heterocycles. The summed E-state index contributed by atoms with van der Waals surface area (Å²) in [5, 5.41) is 8.01. The molecule has 100 valence electrons. The second kappa shape index (κ2) is 5.03. The number of aryl methyl sites for hydroxylation is 1. The van der Waals surface area contributed by atoms with Crippen molar-refractivity contribution < 1.29 is 4.42 Å². The van der Waals surface area contributed by atoms with Crippen molar-refractivity contribution in [1.29, 1.82) is 0 Å². The molecule has 0 radical (unpaired) electrons. The Morgan fingerprint density at radius 1 is 1.32 bits per heavy atom. The van der Waals surface area contributed by atoms with E-state index in [1.54, 1.807) is 0 Å². The molecule has 2 heterocycles. The van der Waals surface area contributed by atoms with Gasteiger partial charge in [-0.1, -0.05) is 25.1 Å². The molecule has 0 N–H and O–H groups in total. The molecule has 0 bridgehead atoms. The van der Waals surface area contributed by atoms with Crippen LogP contribution < -0.4 is 4.90 Å². The van der Waals surface area contributed by atoms with E-state index >= 15 is 0 Å². The van der Waals surface area contributed by atoms with E-state index < -0.39 is 0 Å². The Hall–Kier alpha value is -1.84. The molecular formula is C15H19N3O. The number of anilines is 1. The minimum atomic E-state index is 0.616. The molecule has 2 aromatic rings. The van der Waals surface area contributed by atoms with Crippen molar-refractivity contribution >= 4 is 5.69 Å². The third-order valence-corrected chi connectivity index (χ3v) is 3.77. The van der Waals surface area contributed by atoms with Crippen molar-refractivity contribution in [3.05, 3.63) is 41.6 Å². The molecule has 0 aliphatic carbocycles. The van der Waals surface area contributed by atoms with E-state index in [9.17, 15) is 0 Å². The van der Waals surface area contributed by atoms with Crippen LogP contribution in [0.4, 0.5) is 5.69 Å². The second-order valence-corrected chi connectivity index (χ2v) is 5.24. The Morgan fingerprint density at radius 3 is 2.95 bits per heavy atom. The molecule has 0 amide bonds. The van der Waals surface area contributed by atoms with Gasteiger partial charge in [-0.2, -0.15) is 0 Å². The fourth-order valence-electron chi connectivity index (χ4n) is 2.79. The van der Waals surface area contributed by atoms with Crippen molar-refractivity contribution in [1.82, 2.24) is 10.2 Å². The summed E-state index contributed by atoms with van der Waals surface area (Å²) in [5.74, 6) is 1.94. The molecule has 1 aromatic carbocycles. The van der Waals surface area contributed by atoms with Crippen LogP contribution in [0, 0.1) is 6.92 Å². The zero-order chi connectivity index (χ0) is 13.2. The predicted molar refractivity (Wildman–Crippen MR) is 74.2 cm³/mol. The first-order valence-corrected chi connectivity index (χ1v) is 6.87. The average Bonchev–Trinajstić information content (AvgIpc) is 2.75. The minimum Gasteiger partial charge on any atom is -0.424 e. The fraction of sp³-hybridized carbons (Fsp3) is 0.467. The summed E-state index contributed by atoms with van der Waals surface area (Å²) in [7, 11) is 0. The molecule has 4 nitrogen and oxygen atoms in total. The van der Waals surface area contributed by atoms with Gasteiger partial charge in [-0.05, 0) is 30.4 Å². The van der Waals surface area contributed by atoms with E-state index in [2.05, 4.69) is 46.3 Å². The highest BCUT2D eigenvalue weighted by atomic mass is 16.4. The monoisotopic (exact) mass is 257 g/mol. The number of aromatic nitrogens is 2. The van der Waals surface area contributed by atoms with E-state index in [-0.39, 0.29) is 0 Å². The van der Waals surface area contributed by atoms with Crippen LogP contribution in [0.25, 0.3) is 0 Å². The van der Waals surface area contributed by atoms with Gasteiger partial charge in [-0.25, -0.2) is 0 Å². The third-order valence-electron chi connectivity index (χ3n) is 3.77. The van der Waals surface area contributed by atoms with Crippen molar-refractivity contribution in [2.45, 2.75) is 39.2 Å². The number of benzene rings is 1. The van der Waals surface area contributed by atoms with E-state index in [4.69, 9.17) is 4.42 Å². The Bertz CT molecular complexity index is 564. The lowest BCUT2D eigenvalue weighted by molar-refractivity contribution is 0.461. The summed E-state index contributed by atoms with van der Waals surface area (Å²) in [4.78, 5) is 2.35. The lowest BCUT2D eigenvalue weighted by Gasteiger charge is -2.23. The van der Waals surface area contributed by atoms with Gasteiger partial charge in [0.15, 0.2) is 0 Å². The van der Waals surface area contributed by atoms with Gasteiger partial charge in [-0.3, -0.25) is 0 Å². The minimum absolute atomic E-state index is 0.616. The highest BCUT2D eigenvalue weighted by molar-refractivity contribution is 5.55. The average molecular weight is 257 g/mol. The standard InChI is InChI=1S/C15H19N3O/c1-11-6-5-9-18(10-15-17-16-12(2)19-15)14-8-4-3-7-13(11)14/h3-4,7-8,11H,5-6,9-10H2,1-2H3. The van der Waals surface area contributed by atoms with E-state index in [1.807, 2.05) is 6.92 Å². The van der Waals surface area contributed by atoms with Crippen LogP contribution in [0.15, 0.2) is 28.7 Å². The predicted octanol–water partition coefficient (Wildman–Crippen LogP) is 3.28. The molecular weight excluding hydrogens is 238 g/mol. The molecule has 4 heteroatoms. The lowest BCUT2D eigenvalue weighted by Crippen LogP contribution is -2.23. The molecule has 1 aliphatic heterocycles. The van der Waals surface area contributed by atoms with Gasteiger partial charge in [-0.15, -0.1) is 10.2 Å². The van der Waals surface area contributed by atoms with Crippen LogP contribution in [0.2, 0.25) is 0 Å². The first-order chi connectivity index (χ1) is 9.24. The molecule has 19 heavy (non-hydrogen) atoms. The van der Waals surface area contributed by atoms with Crippen LogP contribution in [0.1, 0.15) is 43.0 Å². The van der Waals surface area contributed by atoms with Crippen LogP contribution in [-0.2, 0) is 6.54 Å². The maximum Gasteiger partial charge on any atom is 0.235 e. The molecule has 0 saturated heterocycles. The largest absolute Gasteiger partial charge is 0.424 e. The van der Waals surface area contributed by atoms with Gasteiger partial charge >= 0.3 is 0 Å². The van der Waals surface area contributed by atoms with Gasteiger partial charge < -0.3 is 9.32 Å². The first-order valence-electron chi connectivity index (χ1n) is 6.87. The van der Waals surface area contributed by atoms with Crippen LogP contribution in [0.5, 0.6) is 0 Å². The number of rotatable bonds is 2. The molecule has 3 rings (SSSR count). The van der Waals surface area contributed by atoms with Gasteiger partial charge in [0.25, 0.3) is 0 Å². The van der Waals surface area contributed by atoms with Crippen molar-refractivity contribution in [2.24, 2.45) is 0 Å². The van der Waals surface area contributed by atoms with E-state index in [0.29, 0.717) is 24.2 Å². The number of nitrogens with zero attached hydrogens (tertiary/aromatic N) is 3. The maximum atomic E-state index is 5.51. The maximum absolute atomic E-state index is 5.51. The Morgan fingerprint density at radius 2 is 2.16 bits per heavy atom. The normalized spacial score (nSPS) is 19.1. The number of para-hydroxylation sites is 1. The van der Waals surface area contributed by atoms with Crippen LogP contribution >= 0.6 is 0 Å². The lowest BCUT2D eigenvalue weighted by atomic mass is 9.96. The highest BCUT2D eigenvalue weighted by Gasteiger charge is 2.21. The van der Waals surface area contributed by atoms with Gasteiger partial charge in [0.1, 0.15) is 0 Å². The molecule has 1 aliphatic rings. The van der Waals surface area contributed by atoms with Crippen molar-refractivity contribution in [2.75, 3.05) is 11.4 Å². The quantitative estimate of drug-likeness (QED) is 0.828. The Balaban J connectivity index is 1.91. The smallest absolute Gasteiger partial charge is 0.235 e. The fourth-order valence-corrected chi connectivity index (χ4v) is 2.79. The number of hydrogen-bond acceptors (Lipinski definition) is 4.